The third-order valence-electron chi connectivity index (χ3n) is 6.04. The standard InChI is InChI=1S/C25H23FN2O3/c1-14-2-7-20(21(29)8-15-12-31-13-15)24(26)23(14)18-6-5-17-10-22(27-11-19(17)9-18)28-25(30)16-3-4-16/h2,5-7,9-11,15-16H,3-4,8,12-13H2,1H3,(H,27,28,30). The summed E-state index contributed by atoms with van der Waals surface area (Å²) >= 11 is 0. The van der Waals surface area contributed by atoms with Gasteiger partial charge in [-0.15, -0.1) is 0 Å². The first kappa shape index (κ1) is 19.8. The van der Waals surface area contributed by atoms with Gasteiger partial charge in [0.2, 0.25) is 5.91 Å². The molecular formula is C25H23FN2O3. The highest BCUT2D eigenvalue weighted by Crippen LogP contribution is 2.33. The number of amides is 1. The first-order valence-corrected chi connectivity index (χ1v) is 10.6. The van der Waals surface area contributed by atoms with Crippen molar-refractivity contribution in [3.63, 3.8) is 0 Å². The molecule has 31 heavy (non-hydrogen) atoms. The van der Waals surface area contributed by atoms with Gasteiger partial charge in [0, 0.05) is 35.4 Å². The number of hydrogen-bond donors (Lipinski definition) is 1. The molecule has 1 saturated heterocycles. The smallest absolute Gasteiger partial charge is 0.228 e. The van der Waals surface area contributed by atoms with E-state index in [0.717, 1.165) is 29.2 Å². The largest absolute Gasteiger partial charge is 0.381 e. The molecule has 0 unspecified atom stereocenters. The second kappa shape index (κ2) is 7.85. The van der Waals surface area contributed by atoms with E-state index < -0.39 is 5.82 Å². The molecule has 2 aromatic carbocycles. The highest BCUT2D eigenvalue weighted by Gasteiger charge is 2.30. The summed E-state index contributed by atoms with van der Waals surface area (Å²) in [5, 5.41) is 4.59. The molecule has 0 bridgehead atoms. The highest BCUT2D eigenvalue weighted by atomic mass is 19.1. The van der Waals surface area contributed by atoms with Gasteiger partial charge in [0.1, 0.15) is 11.6 Å². The molecule has 2 aliphatic rings. The predicted octanol–water partition coefficient (Wildman–Crippen LogP) is 4.92. The molecule has 0 spiro atoms. The number of hydrogen-bond acceptors (Lipinski definition) is 4. The van der Waals surface area contributed by atoms with Crippen molar-refractivity contribution < 1.29 is 18.7 Å². The number of halogens is 1. The van der Waals surface area contributed by atoms with Crippen LogP contribution in [0.1, 0.15) is 35.2 Å². The van der Waals surface area contributed by atoms with Gasteiger partial charge >= 0.3 is 0 Å². The second-order valence-corrected chi connectivity index (χ2v) is 8.54. The number of benzene rings is 2. The molecule has 1 aromatic heterocycles. The van der Waals surface area contributed by atoms with E-state index in [2.05, 4.69) is 10.3 Å². The van der Waals surface area contributed by atoms with E-state index in [1.807, 2.05) is 31.2 Å². The summed E-state index contributed by atoms with van der Waals surface area (Å²) in [6.07, 6.45) is 3.85. The number of carbonyl (C=O) groups is 2. The molecule has 1 saturated carbocycles. The van der Waals surface area contributed by atoms with Crippen LogP contribution in [0.4, 0.5) is 10.2 Å². The topological polar surface area (TPSA) is 68.3 Å². The minimum absolute atomic E-state index is 0.0103. The van der Waals surface area contributed by atoms with Crippen LogP contribution < -0.4 is 5.32 Å². The quantitative estimate of drug-likeness (QED) is 0.577. The zero-order chi connectivity index (χ0) is 21.5. The Hall–Kier alpha value is -3.12. The summed E-state index contributed by atoms with van der Waals surface area (Å²) < 4.78 is 20.5. The fraction of sp³-hybridized carbons (Fsp3) is 0.320. The summed E-state index contributed by atoms with van der Waals surface area (Å²) in [6, 6.07) is 10.8. The molecule has 158 valence electrons. The third kappa shape index (κ3) is 3.95. The fourth-order valence-corrected chi connectivity index (χ4v) is 3.96. The number of aromatic nitrogens is 1. The van der Waals surface area contributed by atoms with E-state index in [-0.39, 0.29) is 29.1 Å². The second-order valence-electron chi connectivity index (χ2n) is 8.54. The average Bonchev–Trinajstić information content (AvgIpc) is 3.56. The molecule has 1 N–H and O–H groups in total. The number of pyridine rings is 1. The zero-order valence-corrected chi connectivity index (χ0v) is 17.3. The van der Waals surface area contributed by atoms with Gasteiger partial charge < -0.3 is 10.1 Å². The molecule has 1 aliphatic heterocycles. The van der Waals surface area contributed by atoms with Gasteiger partial charge in [-0.2, -0.15) is 0 Å². The molecular weight excluding hydrogens is 395 g/mol. The van der Waals surface area contributed by atoms with Crippen molar-refractivity contribution >= 4 is 28.3 Å². The Kier molecular flexibility index (Phi) is 5.02. The summed E-state index contributed by atoms with van der Waals surface area (Å²) in [4.78, 5) is 28.9. The summed E-state index contributed by atoms with van der Waals surface area (Å²) in [7, 11) is 0. The molecule has 1 amide bonds. The lowest BCUT2D eigenvalue weighted by Gasteiger charge is -2.25. The SMILES string of the molecule is Cc1ccc(C(=O)CC2COC2)c(F)c1-c1ccc2cc(NC(=O)C3CC3)ncc2c1. The van der Waals surface area contributed by atoms with Crippen LogP contribution in [0, 0.1) is 24.6 Å². The van der Waals surface area contributed by atoms with Crippen molar-refractivity contribution in [1.29, 1.82) is 0 Å². The van der Waals surface area contributed by atoms with Crippen LogP contribution in [0.15, 0.2) is 42.6 Å². The van der Waals surface area contributed by atoms with Crippen LogP contribution in [-0.4, -0.2) is 29.9 Å². The average molecular weight is 418 g/mol. The van der Waals surface area contributed by atoms with Gasteiger partial charge in [0.05, 0.1) is 18.8 Å². The fourth-order valence-electron chi connectivity index (χ4n) is 3.96. The van der Waals surface area contributed by atoms with E-state index in [9.17, 15) is 9.59 Å². The minimum Gasteiger partial charge on any atom is -0.381 e. The van der Waals surface area contributed by atoms with Gasteiger partial charge in [-0.3, -0.25) is 9.59 Å². The van der Waals surface area contributed by atoms with Crippen LogP contribution in [0.25, 0.3) is 21.9 Å². The van der Waals surface area contributed by atoms with Gasteiger partial charge in [-0.1, -0.05) is 18.2 Å². The molecule has 0 atom stereocenters. The lowest BCUT2D eigenvalue weighted by molar-refractivity contribution is -0.117. The van der Waals surface area contributed by atoms with E-state index in [4.69, 9.17) is 4.74 Å². The number of ether oxygens (including phenoxy) is 1. The van der Waals surface area contributed by atoms with Crippen molar-refractivity contribution in [2.75, 3.05) is 18.5 Å². The predicted molar refractivity (Wildman–Crippen MR) is 116 cm³/mol. The van der Waals surface area contributed by atoms with Crippen molar-refractivity contribution in [3.8, 4) is 11.1 Å². The first-order valence-electron chi connectivity index (χ1n) is 10.6. The number of nitrogens with zero attached hydrogens (tertiary/aromatic N) is 1. The lowest BCUT2D eigenvalue weighted by Crippen LogP contribution is -2.29. The monoisotopic (exact) mass is 418 g/mol. The van der Waals surface area contributed by atoms with Crippen molar-refractivity contribution in [2.24, 2.45) is 11.8 Å². The number of anilines is 1. The number of nitrogens with one attached hydrogen (secondary N) is 1. The summed E-state index contributed by atoms with van der Waals surface area (Å²) in [5.74, 6) is 0.148. The number of ketones is 1. The molecule has 0 radical (unpaired) electrons. The van der Waals surface area contributed by atoms with E-state index in [1.165, 1.54) is 0 Å². The van der Waals surface area contributed by atoms with E-state index >= 15 is 4.39 Å². The number of rotatable bonds is 6. The van der Waals surface area contributed by atoms with Crippen LogP contribution in [0.5, 0.6) is 0 Å². The van der Waals surface area contributed by atoms with Crippen molar-refractivity contribution in [2.45, 2.75) is 26.2 Å². The minimum atomic E-state index is -0.481. The normalized spacial score (nSPS) is 16.2. The van der Waals surface area contributed by atoms with Crippen molar-refractivity contribution in [3.05, 3.63) is 59.5 Å². The Labute approximate surface area is 179 Å². The van der Waals surface area contributed by atoms with E-state index in [1.54, 1.807) is 18.3 Å². The van der Waals surface area contributed by atoms with Gasteiger partial charge in [0.15, 0.2) is 5.78 Å². The number of fused-ring (bicyclic) bond motifs is 1. The molecule has 1 aliphatic carbocycles. The Morgan fingerprint density at radius 2 is 1.94 bits per heavy atom. The molecule has 5 nitrogen and oxygen atoms in total. The summed E-state index contributed by atoms with van der Waals surface area (Å²) in [6.45, 7) is 2.96. The maximum absolute atomic E-state index is 15.4. The number of aryl methyl sites for hydroxylation is 1. The van der Waals surface area contributed by atoms with Gasteiger partial charge in [0.25, 0.3) is 0 Å². The lowest BCUT2D eigenvalue weighted by atomic mass is 9.91. The Morgan fingerprint density at radius 3 is 2.65 bits per heavy atom. The van der Waals surface area contributed by atoms with Crippen LogP contribution in [0.3, 0.4) is 0 Å². The molecule has 2 heterocycles. The molecule has 5 rings (SSSR count). The molecule has 3 aromatic rings. The number of carbonyl (C=O) groups excluding carboxylic acids is 2. The third-order valence-corrected chi connectivity index (χ3v) is 6.04. The summed E-state index contributed by atoms with van der Waals surface area (Å²) in [5.41, 5.74) is 2.02. The Balaban J connectivity index is 1.45. The van der Waals surface area contributed by atoms with Crippen LogP contribution in [-0.2, 0) is 9.53 Å². The van der Waals surface area contributed by atoms with E-state index in [0.29, 0.717) is 36.6 Å². The van der Waals surface area contributed by atoms with Crippen molar-refractivity contribution in [1.82, 2.24) is 4.98 Å². The zero-order valence-electron chi connectivity index (χ0n) is 17.3. The van der Waals surface area contributed by atoms with Gasteiger partial charge in [-0.05, 0) is 54.5 Å². The Bertz CT molecular complexity index is 1200. The van der Waals surface area contributed by atoms with Gasteiger partial charge in [-0.25, -0.2) is 9.37 Å². The highest BCUT2D eigenvalue weighted by molar-refractivity contribution is 5.99. The molecule has 2 fully saturated rings. The maximum Gasteiger partial charge on any atom is 0.228 e. The number of Topliss-reactive ketones (excluding diaryl/α,β-unsaturated/α-hetero) is 1. The first-order chi connectivity index (χ1) is 15.0. The molecule has 6 heteroatoms. The maximum atomic E-state index is 15.4. The van der Waals surface area contributed by atoms with Crippen LogP contribution >= 0.6 is 0 Å². The Morgan fingerprint density at radius 1 is 1.13 bits per heavy atom. The van der Waals surface area contributed by atoms with Crippen LogP contribution in [0.2, 0.25) is 0 Å².